The van der Waals surface area contributed by atoms with Crippen LogP contribution in [0.4, 0.5) is 5.69 Å². The largest absolute Gasteiger partial charge is 0.496 e. The van der Waals surface area contributed by atoms with Gasteiger partial charge in [-0.15, -0.1) is 0 Å². The average molecular weight is 294 g/mol. The Balaban J connectivity index is 2.09. The number of rotatable bonds is 5. The molecule has 0 spiro atoms. The molecule has 3 N–H and O–H groups in total. The van der Waals surface area contributed by atoms with E-state index in [1.807, 2.05) is 11.8 Å². The molecule has 0 unspecified atom stereocenters. The molecule has 0 saturated heterocycles. The van der Waals surface area contributed by atoms with Crippen LogP contribution in [0, 0.1) is 0 Å². The van der Waals surface area contributed by atoms with Gasteiger partial charge in [-0.05, 0) is 31.2 Å². The summed E-state index contributed by atoms with van der Waals surface area (Å²) < 4.78 is 5.41. The van der Waals surface area contributed by atoms with E-state index in [1.54, 1.807) is 25.3 Å². The molecule has 0 atom stereocenters. The smallest absolute Gasteiger partial charge is 0.257 e. The molecule has 4 nitrogen and oxygen atoms in total. The van der Waals surface area contributed by atoms with Crippen LogP contribution in [0.15, 0.2) is 18.2 Å². The second-order valence-corrected chi connectivity index (χ2v) is 6.48. The summed E-state index contributed by atoms with van der Waals surface area (Å²) >= 11 is 1.85. The number of methoxy groups -OCH3 is 1. The van der Waals surface area contributed by atoms with E-state index in [0.29, 0.717) is 23.5 Å². The summed E-state index contributed by atoms with van der Waals surface area (Å²) in [5.74, 6) is 0.368. The molecule has 1 aromatic carbocycles. The fraction of sp³-hybridized carbons (Fsp3) is 0.533. The van der Waals surface area contributed by atoms with Gasteiger partial charge in [0.2, 0.25) is 0 Å². The summed E-state index contributed by atoms with van der Waals surface area (Å²) in [7, 11) is 1.55. The van der Waals surface area contributed by atoms with E-state index in [-0.39, 0.29) is 10.7 Å². The molecular weight excluding hydrogens is 272 g/mol. The molecule has 1 amide bonds. The Morgan fingerprint density at radius 1 is 1.45 bits per heavy atom. The van der Waals surface area contributed by atoms with Gasteiger partial charge in [-0.1, -0.05) is 18.9 Å². The highest BCUT2D eigenvalue weighted by Gasteiger charge is 2.33. The quantitative estimate of drug-likeness (QED) is 0.820. The van der Waals surface area contributed by atoms with Crippen molar-refractivity contribution in [3.8, 4) is 5.75 Å². The van der Waals surface area contributed by atoms with Crippen molar-refractivity contribution in [2.45, 2.75) is 30.4 Å². The Labute approximate surface area is 124 Å². The number of benzene rings is 1. The summed E-state index contributed by atoms with van der Waals surface area (Å²) in [6.07, 6.45) is 6.93. The first-order valence-electron chi connectivity index (χ1n) is 6.88. The van der Waals surface area contributed by atoms with Gasteiger partial charge in [0, 0.05) is 17.0 Å². The number of carbonyl (C=O) groups excluding carboxylic acids is 1. The van der Waals surface area contributed by atoms with Gasteiger partial charge in [0.15, 0.2) is 0 Å². The SMILES string of the molecule is COc1cccc(N)c1C(=O)NCC1(SC)CCCC1. The molecule has 1 aromatic rings. The minimum absolute atomic E-state index is 0.153. The maximum absolute atomic E-state index is 12.4. The van der Waals surface area contributed by atoms with Crippen LogP contribution >= 0.6 is 11.8 Å². The van der Waals surface area contributed by atoms with Gasteiger partial charge < -0.3 is 15.8 Å². The Hall–Kier alpha value is -1.36. The normalized spacial score (nSPS) is 16.9. The molecule has 0 aromatic heterocycles. The van der Waals surface area contributed by atoms with Crippen LogP contribution in [-0.4, -0.2) is 30.6 Å². The molecule has 110 valence electrons. The predicted molar refractivity (Wildman–Crippen MR) is 84.5 cm³/mol. The molecule has 0 heterocycles. The molecule has 0 aliphatic heterocycles. The highest BCUT2D eigenvalue weighted by molar-refractivity contribution is 8.00. The van der Waals surface area contributed by atoms with E-state index in [0.717, 1.165) is 12.8 Å². The lowest BCUT2D eigenvalue weighted by atomic mass is 10.1. The number of amides is 1. The maximum atomic E-state index is 12.4. The molecule has 0 bridgehead atoms. The summed E-state index contributed by atoms with van der Waals surface area (Å²) in [5.41, 5.74) is 6.79. The Morgan fingerprint density at radius 3 is 2.75 bits per heavy atom. The Bertz CT molecular complexity index is 485. The second-order valence-electron chi connectivity index (χ2n) is 5.20. The topological polar surface area (TPSA) is 64.3 Å². The lowest BCUT2D eigenvalue weighted by Gasteiger charge is -2.27. The zero-order valence-corrected chi connectivity index (χ0v) is 12.9. The van der Waals surface area contributed by atoms with Crippen LogP contribution in [0.2, 0.25) is 0 Å². The average Bonchev–Trinajstić information content (AvgIpc) is 2.94. The summed E-state index contributed by atoms with van der Waals surface area (Å²) in [5, 5.41) is 3.03. The van der Waals surface area contributed by atoms with Crippen molar-refractivity contribution in [1.29, 1.82) is 0 Å². The molecule has 20 heavy (non-hydrogen) atoms. The molecular formula is C15H22N2O2S. The third-order valence-electron chi connectivity index (χ3n) is 4.02. The van der Waals surface area contributed by atoms with Crippen molar-refractivity contribution < 1.29 is 9.53 Å². The molecule has 2 rings (SSSR count). The third kappa shape index (κ3) is 3.03. The maximum Gasteiger partial charge on any atom is 0.257 e. The number of nitrogens with two attached hydrogens (primary N) is 1. The van der Waals surface area contributed by atoms with Crippen LogP contribution in [0.25, 0.3) is 0 Å². The number of carbonyl (C=O) groups is 1. The number of hydrogen-bond acceptors (Lipinski definition) is 4. The number of nitrogens with one attached hydrogen (secondary N) is 1. The molecule has 1 aliphatic rings. The third-order valence-corrected chi connectivity index (χ3v) is 5.44. The number of nitrogen functional groups attached to an aromatic ring is 1. The fourth-order valence-corrected chi connectivity index (χ4v) is 3.68. The van der Waals surface area contributed by atoms with E-state index in [2.05, 4.69) is 11.6 Å². The molecule has 1 fully saturated rings. The van der Waals surface area contributed by atoms with Crippen molar-refractivity contribution in [3.63, 3.8) is 0 Å². The van der Waals surface area contributed by atoms with Crippen molar-refractivity contribution in [2.75, 3.05) is 25.6 Å². The molecule has 0 radical (unpaired) electrons. The zero-order chi connectivity index (χ0) is 14.6. The first kappa shape index (κ1) is 15.0. The second kappa shape index (κ2) is 6.39. The highest BCUT2D eigenvalue weighted by atomic mass is 32.2. The van der Waals surface area contributed by atoms with E-state index in [9.17, 15) is 4.79 Å². The standard InChI is InChI=1S/C15H22N2O2S/c1-19-12-7-5-6-11(16)13(12)14(18)17-10-15(20-2)8-3-4-9-15/h5-7H,3-4,8-10,16H2,1-2H3,(H,17,18). The van der Waals surface area contributed by atoms with Crippen molar-refractivity contribution in [1.82, 2.24) is 5.32 Å². The van der Waals surface area contributed by atoms with Gasteiger partial charge >= 0.3 is 0 Å². The fourth-order valence-electron chi connectivity index (χ4n) is 2.76. The molecule has 5 heteroatoms. The highest BCUT2D eigenvalue weighted by Crippen LogP contribution is 2.39. The van der Waals surface area contributed by atoms with Crippen molar-refractivity contribution in [2.24, 2.45) is 0 Å². The molecule has 1 saturated carbocycles. The van der Waals surface area contributed by atoms with E-state index < -0.39 is 0 Å². The predicted octanol–water partition coefficient (Wildman–Crippen LogP) is 2.68. The monoisotopic (exact) mass is 294 g/mol. The van der Waals surface area contributed by atoms with Gasteiger partial charge in [0.1, 0.15) is 11.3 Å². The van der Waals surface area contributed by atoms with Crippen LogP contribution < -0.4 is 15.8 Å². The van der Waals surface area contributed by atoms with Crippen molar-refractivity contribution in [3.05, 3.63) is 23.8 Å². The summed E-state index contributed by atoms with van der Waals surface area (Å²) in [4.78, 5) is 12.4. The van der Waals surface area contributed by atoms with Crippen LogP contribution in [-0.2, 0) is 0 Å². The summed E-state index contributed by atoms with van der Waals surface area (Å²) in [6.45, 7) is 0.685. The lowest BCUT2D eigenvalue weighted by molar-refractivity contribution is 0.0947. The number of hydrogen-bond donors (Lipinski definition) is 2. The number of thioether (sulfide) groups is 1. The minimum atomic E-state index is -0.153. The van der Waals surface area contributed by atoms with Gasteiger partial charge in [-0.25, -0.2) is 0 Å². The van der Waals surface area contributed by atoms with Gasteiger partial charge in [-0.3, -0.25) is 4.79 Å². The van der Waals surface area contributed by atoms with Gasteiger partial charge in [0.25, 0.3) is 5.91 Å². The summed E-state index contributed by atoms with van der Waals surface area (Å²) in [6, 6.07) is 5.26. The zero-order valence-electron chi connectivity index (χ0n) is 12.1. The van der Waals surface area contributed by atoms with Crippen LogP contribution in [0.5, 0.6) is 5.75 Å². The first-order valence-corrected chi connectivity index (χ1v) is 8.10. The number of anilines is 1. The minimum Gasteiger partial charge on any atom is -0.496 e. The van der Waals surface area contributed by atoms with E-state index in [1.165, 1.54) is 12.8 Å². The van der Waals surface area contributed by atoms with Crippen LogP contribution in [0.3, 0.4) is 0 Å². The van der Waals surface area contributed by atoms with E-state index >= 15 is 0 Å². The van der Waals surface area contributed by atoms with Gasteiger partial charge in [-0.2, -0.15) is 11.8 Å². The van der Waals surface area contributed by atoms with Crippen molar-refractivity contribution >= 4 is 23.4 Å². The first-order chi connectivity index (χ1) is 9.62. The Kier molecular flexibility index (Phi) is 4.81. The molecule has 1 aliphatic carbocycles. The van der Waals surface area contributed by atoms with Crippen LogP contribution in [0.1, 0.15) is 36.0 Å². The van der Waals surface area contributed by atoms with Gasteiger partial charge in [0.05, 0.1) is 7.11 Å². The number of ether oxygens (including phenoxy) is 1. The van der Waals surface area contributed by atoms with E-state index in [4.69, 9.17) is 10.5 Å². The lowest BCUT2D eigenvalue weighted by Crippen LogP contribution is -2.38. The Morgan fingerprint density at radius 2 is 2.15 bits per heavy atom.